The minimum atomic E-state index is -0.0872. The van der Waals surface area contributed by atoms with E-state index in [1.807, 2.05) is 16.8 Å². The van der Waals surface area contributed by atoms with Gasteiger partial charge in [0.2, 0.25) is 0 Å². The number of hydrogen-bond acceptors (Lipinski definition) is 3. The average Bonchev–Trinajstić information content (AvgIpc) is 3.11. The van der Waals surface area contributed by atoms with Gasteiger partial charge in [-0.15, -0.1) is 0 Å². The van der Waals surface area contributed by atoms with Crippen molar-refractivity contribution in [1.82, 2.24) is 14.7 Å². The van der Waals surface area contributed by atoms with E-state index < -0.39 is 0 Å². The average molecular weight is 535 g/mol. The highest BCUT2D eigenvalue weighted by Crippen LogP contribution is 2.43. The quantitative estimate of drug-likeness (QED) is 0.349. The van der Waals surface area contributed by atoms with Crippen LogP contribution in [0, 0.1) is 0 Å². The van der Waals surface area contributed by atoms with Crippen LogP contribution in [0.3, 0.4) is 0 Å². The van der Waals surface area contributed by atoms with Crippen LogP contribution < -0.4 is 4.74 Å². The van der Waals surface area contributed by atoms with E-state index in [0.29, 0.717) is 10.0 Å². The van der Waals surface area contributed by atoms with Gasteiger partial charge in [-0.2, -0.15) is 5.10 Å². The Morgan fingerprint density at radius 3 is 2.38 bits per heavy atom. The molecule has 2 aromatic carbocycles. The summed E-state index contributed by atoms with van der Waals surface area (Å²) in [6, 6.07) is 9.70. The molecule has 0 N–H and O–H groups in total. The standard InChI is InChI=1S/C25H26BrCl2N3O/c1-14(30(5)25(2,3)4)23-19-8-7-15-9-22(32-6)21(26)13-20(15)24(19)31(29-23)18-11-16(27)10-17(28)12-18/h9-13H,1,7-8H2,2-6H3. The van der Waals surface area contributed by atoms with Gasteiger partial charge in [-0.1, -0.05) is 29.8 Å². The van der Waals surface area contributed by atoms with E-state index in [0.717, 1.165) is 51.4 Å². The number of hydrogen-bond donors (Lipinski definition) is 0. The van der Waals surface area contributed by atoms with Crippen LogP contribution in [0.1, 0.15) is 37.6 Å². The van der Waals surface area contributed by atoms with Crippen molar-refractivity contribution in [2.45, 2.75) is 39.2 Å². The Labute approximate surface area is 207 Å². The smallest absolute Gasteiger partial charge is 0.133 e. The van der Waals surface area contributed by atoms with Gasteiger partial charge in [-0.3, -0.25) is 0 Å². The Balaban J connectivity index is 2.00. The summed E-state index contributed by atoms with van der Waals surface area (Å²) in [5, 5.41) is 6.19. The predicted octanol–water partition coefficient (Wildman–Crippen LogP) is 7.42. The van der Waals surface area contributed by atoms with Crippen LogP contribution in [0.4, 0.5) is 0 Å². The molecular weight excluding hydrogens is 509 g/mol. The number of nitrogens with zero attached hydrogens (tertiary/aromatic N) is 3. The van der Waals surface area contributed by atoms with Gasteiger partial charge in [0.05, 0.1) is 28.7 Å². The van der Waals surface area contributed by atoms with Gasteiger partial charge in [-0.25, -0.2) is 4.68 Å². The normalized spacial score (nSPS) is 12.9. The lowest BCUT2D eigenvalue weighted by Gasteiger charge is -2.35. The zero-order chi connectivity index (χ0) is 23.4. The van der Waals surface area contributed by atoms with Crippen molar-refractivity contribution in [2.75, 3.05) is 14.2 Å². The molecule has 32 heavy (non-hydrogen) atoms. The number of fused-ring (bicyclic) bond motifs is 3. The van der Waals surface area contributed by atoms with E-state index in [1.54, 1.807) is 13.2 Å². The van der Waals surface area contributed by atoms with Gasteiger partial charge in [0.15, 0.2) is 0 Å². The summed E-state index contributed by atoms with van der Waals surface area (Å²) in [4.78, 5) is 2.17. The van der Waals surface area contributed by atoms with Crippen LogP contribution in [0.2, 0.25) is 10.0 Å². The molecule has 0 atom stereocenters. The first-order valence-electron chi connectivity index (χ1n) is 10.4. The third-order valence-electron chi connectivity index (χ3n) is 6.04. The highest BCUT2D eigenvalue weighted by atomic mass is 79.9. The molecule has 1 aromatic heterocycles. The number of aromatic nitrogens is 2. The second-order valence-electron chi connectivity index (χ2n) is 9.04. The SMILES string of the molecule is C=C(c1nn(-c2cc(Cl)cc(Cl)c2)c2c1CCc1cc(OC)c(Br)cc1-2)N(C)C(C)(C)C. The second-order valence-corrected chi connectivity index (χ2v) is 10.8. The Morgan fingerprint density at radius 2 is 1.78 bits per heavy atom. The molecule has 0 spiro atoms. The summed E-state index contributed by atoms with van der Waals surface area (Å²) in [7, 11) is 3.74. The molecule has 4 rings (SSSR count). The van der Waals surface area contributed by atoms with Crippen LogP contribution in [0.5, 0.6) is 5.75 Å². The lowest BCUT2D eigenvalue weighted by atomic mass is 9.88. The highest BCUT2D eigenvalue weighted by molar-refractivity contribution is 9.10. The Kier molecular flexibility index (Phi) is 6.12. The molecule has 0 fully saturated rings. The van der Waals surface area contributed by atoms with Gasteiger partial charge in [0.25, 0.3) is 0 Å². The molecule has 0 unspecified atom stereocenters. The summed E-state index contributed by atoms with van der Waals surface area (Å²) in [5.41, 5.74) is 7.04. The summed E-state index contributed by atoms with van der Waals surface area (Å²) < 4.78 is 8.38. The summed E-state index contributed by atoms with van der Waals surface area (Å²) in [6.07, 6.45) is 1.75. The predicted molar refractivity (Wildman–Crippen MR) is 137 cm³/mol. The van der Waals surface area contributed by atoms with E-state index in [1.165, 1.54) is 11.1 Å². The topological polar surface area (TPSA) is 30.3 Å². The summed E-state index contributed by atoms with van der Waals surface area (Å²) in [5.74, 6) is 0.821. The van der Waals surface area contributed by atoms with Crippen LogP contribution in [-0.4, -0.2) is 34.4 Å². The van der Waals surface area contributed by atoms with Crippen LogP contribution in [0.15, 0.2) is 41.4 Å². The van der Waals surface area contributed by atoms with Gasteiger partial charge in [0.1, 0.15) is 11.4 Å². The maximum atomic E-state index is 6.35. The highest BCUT2D eigenvalue weighted by Gasteiger charge is 2.31. The minimum Gasteiger partial charge on any atom is -0.496 e. The number of methoxy groups -OCH3 is 1. The van der Waals surface area contributed by atoms with Crippen LogP contribution in [0.25, 0.3) is 22.6 Å². The van der Waals surface area contributed by atoms with E-state index in [-0.39, 0.29) is 5.54 Å². The van der Waals surface area contributed by atoms with E-state index >= 15 is 0 Å². The molecule has 1 aliphatic carbocycles. The Bertz CT molecular complexity index is 1210. The third-order valence-corrected chi connectivity index (χ3v) is 7.09. The third kappa shape index (κ3) is 4.07. The summed E-state index contributed by atoms with van der Waals surface area (Å²) >= 11 is 16.4. The molecule has 0 saturated carbocycles. The maximum Gasteiger partial charge on any atom is 0.133 e. The number of rotatable bonds is 4. The van der Waals surface area contributed by atoms with Crippen LogP contribution >= 0.6 is 39.1 Å². The number of aryl methyl sites for hydroxylation is 1. The molecule has 3 aromatic rings. The summed E-state index contributed by atoms with van der Waals surface area (Å²) in [6.45, 7) is 10.9. The van der Waals surface area contributed by atoms with E-state index in [2.05, 4.69) is 67.4 Å². The number of ether oxygens (including phenoxy) is 1. The molecule has 4 nitrogen and oxygen atoms in total. The molecule has 7 heteroatoms. The van der Waals surface area contributed by atoms with Gasteiger partial charge in [-0.05, 0) is 85.4 Å². The van der Waals surface area contributed by atoms with Crippen molar-refractivity contribution in [3.05, 3.63) is 68.2 Å². The second kappa shape index (κ2) is 8.44. The van der Waals surface area contributed by atoms with Crippen molar-refractivity contribution in [2.24, 2.45) is 0 Å². The van der Waals surface area contributed by atoms with Crippen molar-refractivity contribution in [3.63, 3.8) is 0 Å². The fourth-order valence-electron chi connectivity index (χ4n) is 4.05. The van der Waals surface area contributed by atoms with E-state index in [4.69, 9.17) is 33.0 Å². The van der Waals surface area contributed by atoms with Crippen molar-refractivity contribution >= 4 is 44.8 Å². The first kappa shape index (κ1) is 23.2. The molecule has 1 aliphatic rings. The van der Waals surface area contributed by atoms with Gasteiger partial charge >= 0.3 is 0 Å². The number of benzene rings is 2. The minimum absolute atomic E-state index is 0.0872. The molecule has 0 radical (unpaired) electrons. The first-order chi connectivity index (χ1) is 15.0. The molecule has 0 amide bonds. The molecule has 1 heterocycles. The number of halogens is 3. The van der Waals surface area contributed by atoms with Crippen molar-refractivity contribution in [1.29, 1.82) is 0 Å². The molecule has 0 bridgehead atoms. The van der Waals surface area contributed by atoms with Gasteiger partial charge in [0, 0.05) is 33.8 Å². The van der Waals surface area contributed by atoms with Gasteiger partial charge < -0.3 is 9.64 Å². The maximum absolute atomic E-state index is 6.35. The molecular formula is C25H26BrCl2N3O. The molecule has 0 saturated heterocycles. The molecule has 0 aliphatic heterocycles. The van der Waals surface area contributed by atoms with Crippen molar-refractivity contribution in [3.8, 4) is 22.7 Å². The fraction of sp³-hybridized carbons (Fsp3) is 0.320. The molecule has 168 valence electrons. The zero-order valence-corrected chi connectivity index (χ0v) is 22.0. The van der Waals surface area contributed by atoms with E-state index in [9.17, 15) is 0 Å². The fourth-order valence-corrected chi connectivity index (χ4v) is 5.07. The largest absolute Gasteiger partial charge is 0.496 e. The van der Waals surface area contributed by atoms with Crippen molar-refractivity contribution < 1.29 is 4.74 Å². The van der Waals surface area contributed by atoms with Crippen LogP contribution in [-0.2, 0) is 12.8 Å². The Morgan fingerprint density at radius 1 is 1.12 bits per heavy atom. The lowest BCUT2D eigenvalue weighted by molar-refractivity contribution is 0.265. The Hall–Kier alpha value is -1.95. The zero-order valence-electron chi connectivity index (χ0n) is 18.9. The monoisotopic (exact) mass is 533 g/mol. The lowest BCUT2D eigenvalue weighted by Crippen LogP contribution is -2.36. The first-order valence-corrected chi connectivity index (χ1v) is 11.9.